The van der Waals surface area contributed by atoms with Gasteiger partial charge < -0.3 is 10.1 Å². The fourth-order valence-electron chi connectivity index (χ4n) is 2.38. The van der Waals surface area contributed by atoms with Gasteiger partial charge in [-0.1, -0.05) is 23.9 Å². The predicted octanol–water partition coefficient (Wildman–Crippen LogP) is 3.99. The summed E-state index contributed by atoms with van der Waals surface area (Å²) in [5.74, 6) is -0.585. The molecule has 0 radical (unpaired) electrons. The van der Waals surface area contributed by atoms with E-state index in [2.05, 4.69) is 25.6 Å². The second-order valence-corrected chi connectivity index (χ2v) is 7.34. The monoisotopic (exact) mass is 423 g/mol. The molecule has 1 aromatic heterocycles. The first-order valence-electron chi connectivity index (χ1n) is 8.40. The molecule has 3 aromatic rings. The molecule has 0 bridgehead atoms. The van der Waals surface area contributed by atoms with Crippen LogP contribution in [0.15, 0.2) is 53.7 Å². The van der Waals surface area contributed by atoms with E-state index in [0.717, 1.165) is 29.5 Å². The normalized spacial score (nSPS) is 12.4. The molecule has 3 rings (SSSR count). The molecule has 1 heterocycles. The third-order valence-electron chi connectivity index (χ3n) is 3.69. The summed E-state index contributed by atoms with van der Waals surface area (Å²) < 4.78 is 42.0. The van der Waals surface area contributed by atoms with Crippen molar-refractivity contribution < 1.29 is 22.7 Å². The number of carbonyl (C=O) groups excluding carboxylic acids is 1. The lowest BCUT2D eigenvalue weighted by atomic mass is 10.2. The molecule has 1 N–H and O–H groups in total. The van der Waals surface area contributed by atoms with Gasteiger partial charge >= 0.3 is 6.36 Å². The summed E-state index contributed by atoms with van der Waals surface area (Å²) in [5.41, 5.74) is 2.13. The van der Waals surface area contributed by atoms with Gasteiger partial charge in [-0.2, -0.15) is 4.68 Å². The second-order valence-electron chi connectivity index (χ2n) is 6.03. The van der Waals surface area contributed by atoms with Crippen molar-refractivity contribution >= 4 is 23.4 Å². The molecule has 0 spiro atoms. The average Bonchev–Trinajstić information content (AvgIpc) is 3.09. The summed E-state index contributed by atoms with van der Waals surface area (Å²) in [6.07, 6.45) is -4.77. The Balaban J connectivity index is 1.69. The molecule has 29 heavy (non-hydrogen) atoms. The molecule has 1 unspecified atom stereocenters. The number of tetrazole rings is 1. The molecule has 0 fully saturated rings. The number of benzene rings is 2. The van der Waals surface area contributed by atoms with Crippen LogP contribution in [0.25, 0.3) is 5.69 Å². The first-order valence-corrected chi connectivity index (χ1v) is 9.28. The van der Waals surface area contributed by atoms with Crippen molar-refractivity contribution in [3.63, 3.8) is 0 Å². The van der Waals surface area contributed by atoms with Crippen LogP contribution in [0.4, 0.5) is 18.9 Å². The van der Waals surface area contributed by atoms with E-state index in [4.69, 9.17) is 0 Å². The number of amides is 1. The predicted molar refractivity (Wildman–Crippen MR) is 101 cm³/mol. The molecule has 0 aliphatic carbocycles. The summed E-state index contributed by atoms with van der Waals surface area (Å²) in [4.78, 5) is 12.4. The van der Waals surface area contributed by atoms with Crippen molar-refractivity contribution in [3.8, 4) is 11.4 Å². The number of hydrogen-bond donors (Lipinski definition) is 1. The van der Waals surface area contributed by atoms with Crippen molar-refractivity contribution in [1.82, 2.24) is 20.2 Å². The third-order valence-corrected chi connectivity index (χ3v) is 4.73. The quantitative estimate of drug-likeness (QED) is 0.604. The van der Waals surface area contributed by atoms with Gasteiger partial charge in [0, 0.05) is 5.69 Å². The smallest absolute Gasteiger partial charge is 0.406 e. The zero-order chi connectivity index (χ0) is 21.0. The Bertz CT molecular complexity index is 992. The van der Waals surface area contributed by atoms with Crippen LogP contribution in [-0.2, 0) is 4.79 Å². The fraction of sp³-hybridized carbons (Fsp3) is 0.222. The highest BCUT2D eigenvalue weighted by molar-refractivity contribution is 8.00. The van der Waals surface area contributed by atoms with Gasteiger partial charge in [0.05, 0.1) is 10.9 Å². The molecule has 11 heteroatoms. The lowest BCUT2D eigenvalue weighted by Crippen LogP contribution is -2.23. The molecule has 0 aliphatic rings. The number of halogens is 3. The number of hydrogen-bond acceptors (Lipinski definition) is 6. The lowest BCUT2D eigenvalue weighted by molar-refractivity contribution is -0.274. The minimum Gasteiger partial charge on any atom is -0.406 e. The molecular formula is C18H16F3N5O2S. The minimum absolute atomic E-state index is 0.232. The number of aryl methyl sites for hydroxylation is 1. The van der Waals surface area contributed by atoms with Gasteiger partial charge in [0.1, 0.15) is 5.75 Å². The Morgan fingerprint density at radius 2 is 1.93 bits per heavy atom. The molecule has 1 atom stereocenters. The number of aromatic nitrogens is 4. The van der Waals surface area contributed by atoms with Crippen molar-refractivity contribution in [3.05, 3.63) is 54.1 Å². The third kappa shape index (κ3) is 5.70. The van der Waals surface area contributed by atoms with Gasteiger partial charge in [0.15, 0.2) is 0 Å². The summed E-state index contributed by atoms with van der Waals surface area (Å²) in [7, 11) is 0. The van der Waals surface area contributed by atoms with Crippen LogP contribution in [-0.4, -0.2) is 37.7 Å². The number of anilines is 1. The van der Waals surface area contributed by atoms with E-state index in [9.17, 15) is 18.0 Å². The highest BCUT2D eigenvalue weighted by Gasteiger charge is 2.31. The van der Waals surface area contributed by atoms with E-state index in [1.165, 1.54) is 16.8 Å². The molecule has 1 amide bonds. The Hall–Kier alpha value is -3.08. The van der Waals surface area contributed by atoms with Crippen molar-refractivity contribution in [2.75, 3.05) is 5.32 Å². The maximum Gasteiger partial charge on any atom is 0.573 e. The number of nitrogens with zero attached hydrogens (tertiary/aromatic N) is 4. The van der Waals surface area contributed by atoms with E-state index >= 15 is 0 Å². The van der Waals surface area contributed by atoms with Gasteiger partial charge in [-0.25, -0.2) is 0 Å². The van der Waals surface area contributed by atoms with E-state index in [0.29, 0.717) is 16.5 Å². The number of nitrogens with one attached hydrogen (secondary N) is 1. The Kier molecular flexibility index (Phi) is 6.06. The average molecular weight is 423 g/mol. The lowest BCUT2D eigenvalue weighted by Gasteiger charge is -2.12. The van der Waals surface area contributed by atoms with Crippen molar-refractivity contribution in [2.45, 2.75) is 30.6 Å². The highest BCUT2D eigenvalue weighted by Crippen LogP contribution is 2.27. The van der Waals surface area contributed by atoms with Gasteiger partial charge in [-0.3, -0.25) is 4.79 Å². The largest absolute Gasteiger partial charge is 0.573 e. The van der Waals surface area contributed by atoms with Crippen LogP contribution in [0, 0.1) is 6.92 Å². The van der Waals surface area contributed by atoms with E-state index in [1.54, 1.807) is 13.0 Å². The van der Waals surface area contributed by atoms with Crippen molar-refractivity contribution in [2.24, 2.45) is 0 Å². The van der Waals surface area contributed by atoms with E-state index < -0.39 is 11.6 Å². The number of carbonyl (C=O) groups is 1. The first-order chi connectivity index (χ1) is 13.7. The van der Waals surface area contributed by atoms with Crippen molar-refractivity contribution in [1.29, 1.82) is 0 Å². The van der Waals surface area contributed by atoms with Crippen LogP contribution in [0.2, 0.25) is 0 Å². The highest BCUT2D eigenvalue weighted by atomic mass is 32.2. The van der Waals surface area contributed by atoms with Crippen LogP contribution in [0.1, 0.15) is 12.5 Å². The summed E-state index contributed by atoms with van der Waals surface area (Å²) >= 11 is 1.12. The Morgan fingerprint density at radius 3 is 2.59 bits per heavy atom. The second kappa shape index (κ2) is 8.52. The van der Waals surface area contributed by atoms with Gasteiger partial charge in [-0.15, -0.1) is 18.3 Å². The zero-order valence-electron chi connectivity index (χ0n) is 15.3. The summed E-state index contributed by atoms with van der Waals surface area (Å²) in [5, 5.41) is 13.9. The van der Waals surface area contributed by atoms with Gasteiger partial charge in [0.2, 0.25) is 11.1 Å². The zero-order valence-corrected chi connectivity index (χ0v) is 16.2. The maximum absolute atomic E-state index is 12.4. The summed E-state index contributed by atoms with van der Waals surface area (Å²) in [6.45, 7) is 3.63. The van der Waals surface area contributed by atoms with Crippen LogP contribution in [0.3, 0.4) is 0 Å². The molecule has 152 valence electrons. The molecule has 7 nitrogen and oxygen atoms in total. The van der Waals surface area contributed by atoms with Crippen LogP contribution in [0.5, 0.6) is 5.75 Å². The minimum atomic E-state index is -4.77. The molecule has 0 saturated carbocycles. The van der Waals surface area contributed by atoms with E-state index in [-0.39, 0.29) is 11.7 Å². The Morgan fingerprint density at radius 1 is 1.21 bits per heavy atom. The van der Waals surface area contributed by atoms with Crippen LogP contribution < -0.4 is 10.1 Å². The SMILES string of the molecule is Cc1cccc(NC(=O)C(C)Sc2nnnn2-c2ccc(OC(F)(F)F)cc2)c1. The number of rotatable bonds is 6. The topological polar surface area (TPSA) is 81.9 Å². The number of alkyl halides is 3. The molecule has 0 saturated heterocycles. The fourth-order valence-corrected chi connectivity index (χ4v) is 3.19. The summed E-state index contributed by atoms with van der Waals surface area (Å²) in [6, 6.07) is 12.5. The molecular weight excluding hydrogens is 407 g/mol. The number of ether oxygens (including phenoxy) is 1. The van der Waals surface area contributed by atoms with Crippen LogP contribution >= 0.6 is 11.8 Å². The maximum atomic E-state index is 12.4. The van der Waals surface area contributed by atoms with E-state index in [1.807, 2.05) is 25.1 Å². The standard InChI is InChI=1S/C18H16F3N5O2S/c1-11-4-3-5-13(10-11)22-16(27)12(2)29-17-23-24-25-26(17)14-6-8-15(9-7-14)28-18(19,20)21/h3-10,12H,1-2H3,(H,22,27). The molecule has 0 aliphatic heterocycles. The first kappa shape index (κ1) is 20.6. The Labute approximate surface area is 168 Å². The van der Waals surface area contributed by atoms with Gasteiger partial charge in [-0.05, 0) is 66.2 Å². The van der Waals surface area contributed by atoms with Gasteiger partial charge in [0.25, 0.3) is 0 Å². The molecule has 2 aromatic carbocycles. The number of thioether (sulfide) groups is 1.